The van der Waals surface area contributed by atoms with Gasteiger partial charge in [0.2, 0.25) is 0 Å². The summed E-state index contributed by atoms with van der Waals surface area (Å²) >= 11 is 0. The Hall–Kier alpha value is -1.45. The van der Waals surface area contributed by atoms with Gasteiger partial charge in [-0.25, -0.2) is 9.97 Å². The minimum absolute atomic E-state index is 0.161. The topological polar surface area (TPSA) is 46.1 Å². The van der Waals surface area contributed by atoms with Crippen LogP contribution in [0.5, 0.6) is 0 Å². The van der Waals surface area contributed by atoms with E-state index in [1.54, 1.807) is 6.33 Å². The number of carbonyl (C=O) groups is 1. The summed E-state index contributed by atoms with van der Waals surface area (Å²) < 4.78 is 0. The molecule has 2 heterocycles. The predicted molar refractivity (Wildman–Crippen MR) is 67.0 cm³/mol. The van der Waals surface area contributed by atoms with Crippen molar-refractivity contribution in [2.24, 2.45) is 5.92 Å². The van der Waals surface area contributed by atoms with Crippen molar-refractivity contribution in [1.29, 1.82) is 0 Å². The van der Waals surface area contributed by atoms with Crippen LogP contribution in [0, 0.1) is 5.92 Å². The van der Waals surface area contributed by atoms with Gasteiger partial charge in [0.1, 0.15) is 18.4 Å². The van der Waals surface area contributed by atoms with Crippen molar-refractivity contribution in [3.63, 3.8) is 0 Å². The van der Waals surface area contributed by atoms with E-state index in [0.29, 0.717) is 0 Å². The number of carbonyl (C=O) groups excluding carboxylic acids is 1. The van der Waals surface area contributed by atoms with Gasteiger partial charge >= 0.3 is 0 Å². The number of rotatable bonds is 4. The van der Waals surface area contributed by atoms with Gasteiger partial charge in [0.25, 0.3) is 0 Å². The van der Waals surface area contributed by atoms with Crippen LogP contribution < -0.4 is 4.90 Å². The van der Waals surface area contributed by atoms with Gasteiger partial charge in [-0.05, 0) is 19.3 Å². The lowest BCUT2D eigenvalue weighted by Crippen LogP contribution is -2.36. The second kappa shape index (κ2) is 5.75. The fourth-order valence-electron chi connectivity index (χ4n) is 2.28. The van der Waals surface area contributed by atoms with Crippen LogP contribution in [0.3, 0.4) is 0 Å². The van der Waals surface area contributed by atoms with Gasteiger partial charge in [0.15, 0.2) is 0 Å². The summed E-state index contributed by atoms with van der Waals surface area (Å²) in [5.74, 6) is 1.13. The second-order valence-electron chi connectivity index (χ2n) is 4.60. The SMILES string of the molecule is CCCc1cc(N2CCCC(C=O)C2)ncn1. The Morgan fingerprint density at radius 3 is 3.18 bits per heavy atom. The molecule has 4 nitrogen and oxygen atoms in total. The summed E-state index contributed by atoms with van der Waals surface area (Å²) in [6, 6.07) is 2.05. The largest absolute Gasteiger partial charge is 0.356 e. The molecule has 0 amide bonds. The van der Waals surface area contributed by atoms with E-state index in [2.05, 4.69) is 27.9 Å². The Bertz CT molecular complexity index is 381. The highest BCUT2D eigenvalue weighted by molar-refractivity contribution is 5.56. The second-order valence-corrected chi connectivity index (χ2v) is 4.60. The molecule has 0 aliphatic carbocycles. The highest BCUT2D eigenvalue weighted by atomic mass is 16.1. The monoisotopic (exact) mass is 233 g/mol. The average Bonchev–Trinajstić information content (AvgIpc) is 2.40. The summed E-state index contributed by atoms with van der Waals surface area (Å²) in [7, 11) is 0. The van der Waals surface area contributed by atoms with E-state index < -0.39 is 0 Å². The van der Waals surface area contributed by atoms with Crippen molar-refractivity contribution < 1.29 is 4.79 Å². The van der Waals surface area contributed by atoms with Crippen LogP contribution in [0.1, 0.15) is 31.9 Å². The van der Waals surface area contributed by atoms with E-state index in [0.717, 1.165) is 56.6 Å². The first kappa shape index (κ1) is 12.0. The fourth-order valence-corrected chi connectivity index (χ4v) is 2.28. The molecule has 0 N–H and O–H groups in total. The van der Waals surface area contributed by atoms with Gasteiger partial charge in [0, 0.05) is 30.8 Å². The molecule has 1 unspecified atom stereocenters. The Balaban J connectivity index is 2.10. The van der Waals surface area contributed by atoms with Gasteiger partial charge in [-0.1, -0.05) is 13.3 Å². The zero-order valence-corrected chi connectivity index (χ0v) is 10.3. The first-order valence-electron chi connectivity index (χ1n) is 6.34. The van der Waals surface area contributed by atoms with Crippen LogP contribution in [-0.2, 0) is 11.2 Å². The van der Waals surface area contributed by atoms with Crippen LogP contribution in [0.15, 0.2) is 12.4 Å². The van der Waals surface area contributed by atoms with Crippen molar-refractivity contribution in [2.75, 3.05) is 18.0 Å². The van der Waals surface area contributed by atoms with E-state index in [-0.39, 0.29) is 5.92 Å². The molecule has 0 spiro atoms. The summed E-state index contributed by atoms with van der Waals surface area (Å²) in [5.41, 5.74) is 1.09. The minimum Gasteiger partial charge on any atom is -0.356 e. The zero-order chi connectivity index (χ0) is 12.1. The van der Waals surface area contributed by atoms with E-state index in [9.17, 15) is 4.79 Å². The van der Waals surface area contributed by atoms with E-state index >= 15 is 0 Å². The molecule has 1 aliphatic rings. The maximum atomic E-state index is 10.8. The zero-order valence-electron chi connectivity index (χ0n) is 10.3. The molecule has 92 valence electrons. The highest BCUT2D eigenvalue weighted by Crippen LogP contribution is 2.20. The number of aryl methyl sites for hydroxylation is 1. The molecule has 17 heavy (non-hydrogen) atoms. The van der Waals surface area contributed by atoms with Crippen LogP contribution in [-0.4, -0.2) is 29.3 Å². The van der Waals surface area contributed by atoms with Crippen molar-refractivity contribution in [2.45, 2.75) is 32.6 Å². The van der Waals surface area contributed by atoms with Crippen LogP contribution >= 0.6 is 0 Å². The first-order chi connectivity index (χ1) is 8.33. The maximum absolute atomic E-state index is 10.8. The van der Waals surface area contributed by atoms with Gasteiger partial charge < -0.3 is 9.69 Å². The Morgan fingerprint density at radius 2 is 2.41 bits per heavy atom. The molecule has 1 fully saturated rings. The number of piperidine rings is 1. The number of anilines is 1. The molecular weight excluding hydrogens is 214 g/mol. The lowest BCUT2D eigenvalue weighted by Gasteiger charge is -2.31. The van der Waals surface area contributed by atoms with Gasteiger partial charge in [-0.15, -0.1) is 0 Å². The van der Waals surface area contributed by atoms with E-state index in [1.165, 1.54) is 0 Å². The Labute approximate surface area is 102 Å². The first-order valence-corrected chi connectivity index (χ1v) is 6.34. The third-order valence-electron chi connectivity index (χ3n) is 3.19. The molecule has 1 aromatic rings. The highest BCUT2D eigenvalue weighted by Gasteiger charge is 2.20. The van der Waals surface area contributed by atoms with Gasteiger partial charge in [-0.2, -0.15) is 0 Å². The molecule has 1 saturated heterocycles. The van der Waals surface area contributed by atoms with Gasteiger partial charge in [0.05, 0.1) is 0 Å². The molecule has 0 bridgehead atoms. The van der Waals surface area contributed by atoms with E-state index in [1.807, 2.05) is 0 Å². The van der Waals surface area contributed by atoms with Gasteiger partial charge in [-0.3, -0.25) is 0 Å². The van der Waals surface area contributed by atoms with Crippen molar-refractivity contribution >= 4 is 12.1 Å². The number of hydrogen-bond donors (Lipinski definition) is 0. The van der Waals surface area contributed by atoms with Crippen LogP contribution in [0.25, 0.3) is 0 Å². The summed E-state index contributed by atoms with van der Waals surface area (Å²) in [6.07, 6.45) is 6.85. The lowest BCUT2D eigenvalue weighted by atomic mass is 10.00. The van der Waals surface area contributed by atoms with E-state index in [4.69, 9.17) is 0 Å². The minimum atomic E-state index is 0.161. The third-order valence-corrected chi connectivity index (χ3v) is 3.19. The predicted octanol–water partition coefficient (Wildman–Crippen LogP) is 1.84. The summed E-state index contributed by atoms with van der Waals surface area (Å²) in [6.45, 7) is 3.93. The fraction of sp³-hybridized carbons (Fsp3) is 0.615. The molecular formula is C13H19N3O. The van der Waals surface area contributed by atoms with Crippen molar-refractivity contribution in [1.82, 2.24) is 9.97 Å². The normalized spacial score (nSPS) is 20.3. The molecule has 4 heteroatoms. The average molecular weight is 233 g/mol. The maximum Gasteiger partial charge on any atom is 0.132 e. The van der Waals surface area contributed by atoms with Crippen LogP contribution in [0.2, 0.25) is 0 Å². The summed E-state index contributed by atoms with van der Waals surface area (Å²) in [5, 5.41) is 0. The number of aromatic nitrogens is 2. The van der Waals surface area contributed by atoms with Crippen molar-refractivity contribution in [3.8, 4) is 0 Å². The third kappa shape index (κ3) is 3.02. The summed E-state index contributed by atoms with van der Waals surface area (Å²) in [4.78, 5) is 21.6. The molecule has 1 aliphatic heterocycles. The molecule has 0 aromatic carbocycles. The molecule has 2 rings (SSSR count). The Morgan fingerprint density at radius 1 is 1.53 bits per heavy atom. The molecule has 1 aromatic heterocycles. The molecule has 0 saturated carbocycles. The number of aldehydes is 1. The molecule has 0 radical (unpaired) electrons. The number of nitrogens with zero attached hydrogens (tertiary/aromatic N) is 3. The quantitative estimate of drug-likeness (QED) is 0.744. The van der Waals surface area contributed by atoms with Crippen LogP contribution in [0.4, 0.5) is 5.82 Å². The Kier molecular flexibility index (Phi) is 4.07. The van der Waals surface area contributed by atoms with Crippen molar-refractivity contribution in [3.05, 3.63) is 18.1 Å². The lowest BCUT2D eigenvalue weighted by molar-refractivity contribution is -0.111. The number of hydrogen-bond acceptors (Lipinski definition) is 4. The molecule has 1 atom stereocenters. The standard InChI is InChI=1S/C13H19N3O/c1-2-4-12-7-13(15-10-14-12)16-6-3-5-11(8-16)9-17/h7,9-11H,2-6,8H2,1H3. The smallest absolute Gasteiger partial charge is 0.132 e.